The number of carbonyl (C=O) groups is 1. The molecule has 8 heteroatoms. The maximum Gasteiger partial charge on any atom is 0.312 e. The molecule has 1 aromatic rings. The molecule has 0 radical (unpaired) electrons. The van der Waals surface area contributed by atoms with Gasteiger partial charge in [-0.2, -0.15) is 8.42 Å². The van der Waals surface area contributed by atoms with Crippen molar-refractivity contribution in [2.45, 2.75) is 29.9 Å². The first-order valence-electron chi connectivity index (χ1n) is 8.05. The monoisotopic (exact) mass is 348 g/mol. The number of fused-ring (bicyclic) bond motifs is 6. The van der Waals surface area contributed by atoms with Crippen molar-refractivity contribution in [3.63, 3.8) is 0 Å². The molecule has 2 saturated heterocycles. The molecule has 2 bridgehead atoms. The van der Waals surface area contributed by atoms with Gasteiger partial charge in [0.1, 0.15) is 11.5 Å². The topological polar surface area (TPSA) is 94.1 Å². The molecule has 7 nitrogen and oxygen atoms in total. The molecule has 1 N–H and O–H groups in total. The van der Waals surface area contributed by atoms with E-state index in [2.05, 4.69) is 9.71 Å². The van der Waals surface area contributed by atoms with Crippen LogP contribution in [0.1, 0.15) is 12.8 Å². The number of sulfonamides is 1. The summed E-state index contributed by atoms with van der Waals surface area (Å²) in [5, 5.41) is 2.91. The van der Waals surface area contributed by atoms with Crippen molar-refractivity contribution in [1.29, 1.82) is 0 Å². The van der Waals surface area contributed by atoms with E-state index < -0.39 is 10.0 Å². The lowest BCUT2D eigenvalue weighted by molar-refractivity contribution is -0.148. The number of rotatable bonds is 3. The molecular weight excluding hydrogens is 332 g/mol. The van der Waals surface area contributed by atoms with Crippen molar-refractivity contribution in [2.24, 2.45) is 22.2 Å². The average molecular weight is 348 g/mol. The second-order valence-corrected chi connectivity index (χ2v) is 8.36. The van der Waals surface area contributed by atoms with Gasteiger partial charge in [-0.3, -0.25) is 4.79 Å². The van der Waals surface area contributed by atoms with Crippen LogP contribution in [0, 0.1) is 17.8 Å². The summed E-state index contributed by atoms with van der Waals surface area (Å²) in [6.45, 7) is -0.186. The number of amidine groups is 1. The van der Waals surface area contributed by atoms with Gasteiger partial charge in [-0.15, -0.1) is 4.40 Å². The Morgan fingerprint density at radius 3 is 2.92 bits per heavy atom. The number of anilines is 1. The van der Waals surface area contributed by atoms with Crippen LogP contribution in [0.15, 0.2) is 33.6 Å². The summed E-state index contributed by atoms with van der Waals surface area (Å²) in [6.07, 6.45) is 2.06. The lowest BCUT2D eigenvalue weighted by atomic mass is 9.89. The minimum Gasteiger partial charge on any atom is -0.457 e. The Balaban J connectivity index is 1.28. The highest BCUT2D eigenvalue weighted by Crippen LogP contribution is 2.60. The minimum absolute atomic E-state index is 0.0155. The summed E-state index contributed by atoms with van der Waals surface area (Å²) >= 11 is 0. The van der Waals surface area contributed by atoms with Crippen molar-refractivity contribution in [1.82, 2.24) is 0 Å². The molecule has 3 fully saturated rings. The quantitative estimate of drug-likeness (QED) is 0.824. The summed E-state index contributed by atoms with van der Waals surface area (Å²) < 4.78 is 39.1. The highest BCUT2D eigenvalue weighted by molar-refractivity contribution is 7.90. The van der Waals surface area contributed by atoms with E-state index in [1.54, 1.807) is 18.2 Å². The van der Waals surface area contributed by atoms with Crippen molar-refractivity contribution in [2.75, 3.05) is 11.9 Å². The van der Waals surface area contributed by atoms with E-state index in [0.29, 0.717) is 23.9 Å². The Hall–Kier alpha value is -1.93. The number of hydrogen-bond donors (Lipinski definition) is 1. The first-order valence-corrected chi connectivity index (χ1v) is 9.49. The molecule has 0 amide bonds. The van der Waals surface area contributed by atoms with Gasteiger partial charge in [0, 0.05) is 0 Å². The molecule has 3 aliphatic heterocycles. The van der Waals surface area contributed by atoms with Crippen molar-refractivity contribution < 1.29 is 22.7 Å². The number of hydrogen-bond acceptors (Lipinski definition) is 6. The first kappa shape index (κ1) is 14.4. The van der Waals surface area contributed by atoms with Gasteiger partial charge >= 0.3 is 5.97 Å². The van der Waals surface area contributed by atoms with E-state index >= 15 is 0 Å². The molecule has 4 aliphatic rings. The van der Waals surface area contributed by atoms with Gasteiger partial charge in [0.15, 0.2) is 5.84 Å². The number of benzene rings is 1. The van der Waals surface area contributed by atoms with E-state index in [4.69, 9.17) is 9.47 Å². The summed E-state index contributed by atoms with van der Waals surface area (Å²) in [6, 6.07) is 6.51. The molecular formula is C16H16N2O5S. The van der Waals surface area contributed by atoms with E-state index in [1.165, 1.54) is 6.07 Å². The Labute approximate surface area is 139 Å². The number of nitrogens with one attached hydrogen (secondary N) is 1. The molecule has 3 heterocycles. The molecule has 0 aromatic heterocycles. The van der Waals surface area contributed by atoms with Crippen LogP contribution in [0.2, 0.25) is 0 Å². The Morgan fingerprint density at radius 2 is 2.12 bits per heavy atom. The van der Waals surface area contributed by atoms with Crippen LogP contribution < -0.4 is 5.32 Å². The zero-order valence-electron chi connectivity index (χ0n) is 12.7. The Kier molecular flexibility index (Phi) is 2.88. The lowest BCUT2D eigenvalue weighted by Crippen LogP contribution is -2.32. The van der Waals surface area contributed by atoms with Crippen molar-refractivity contribution in [3.05, 3.63) is 24.3 Å². The zero-order chi connectivity index (χ0) is 16.5. The summed E-state index contributed by atoms with van der Waals surface area (Å²) in [5.41, 5.74) is 0.447. The molecule has 1 aliphatic carbocycles. The highest BCUT2D eigenvalue weighted by atomic mass is 32.2. The molecule has 126 valence electrons. The number of para-hydroxylation sites is 1. The van der Waals surface area contributed by atoms with Gasteiger partial charge in [-0.1, -0.05) is 12.1 Å². The summed E-state index contributed by atoms with van der Waals surface area (Å²) in [4.78, 5) is 12.4. The van der Waals surface area contributed by atoms with Crippen LogP contribution >= 0.6 is 0 Å². The standard InChI is InChI=1S/C16H16N2O5S/c19-16(10-6-12-8-5-9(8)15(10)23-12)22-7-14-17-11-3-1-2-4-13(11)24(20,21)18-14/h1-4,8-10,12,15H,5-7H2,(H,17,18)/t8-,9+,10-,12+,15+/m1/s1. The maximum atomic E-state index is 12.3. The molecule has 0 unspecified atom stereocenters. The van der Waals surface area contributed by atoms with Crippen LogP contribution in [0.3, 0.4) is 0 Å². The lowest BCUT2D eigenvalue weighted by Gasteiger charge is -2.20. The van der Waals surface area contributed by atoms with Crippen LogP contribution in [0.25, 0.3) is 0 Å². The van der Waals surface area contributed by atoms with Crippen LogP contribution in [-0.4, -0.2) is 39.0 Å². The van der Waals surface area contributed by atoms with Gasteiger partial charge in [0.2, 0.25) is 0 Å². The summed E-state index contributed by atoms with van der Waals surface area (Å²) in [5.74, 6) is 0.722. The fourth-order valence-corrected chi connectivity index (χ4v) is 5.29. The van der Waals surface area contributed by atoms with Crippen molar-refractivity contribution in [3.8, 4) is 0 Å². The Morgan fingerprint density at radius 1 is 1.29 bits per heavy atom. The number of nitrogens with zero attached hydrogens (tertiary/aromatic N) is 1. The number of carbonyl (C=O) groups excluding carboxylic acids is 1. The van der Waals surface area contributed by atoms with E-state index in [-0.39, 0.29) is 41.4 Å². The zero-order valence-corrected chi connectivity index (χ0v) is 13.5. The maximum absolute atomic E-state index is 12.3. The summed E-state index contributed by atoms with van der Waals surface area (Å²) in [7, 11) is -3.76. The fraction of sp³-hybridized carbons (Fsp3) is 0.500. The van der Waals surface area contributed by atoms with Gasteiger partial charge < -0.3 is 14.8 Å². The molecule has 1 saturated carbocycles. The molecule has 1 aromatic carbocycles. The first-order chi connectivity index (χ1) is 11.5. The van der Waals surface area contributed by atoms with Crippen molar-refractivity contribution >= 4 is 27.5 Å². The fourth-order valence-electron chi connectivity index (χ4n) is 4.16. The third-order valence-corrected chi connectivity index (χ3v) is 6.71. The second-order valence-electron chi connectivity index (χ2n) is 6.79. The normalized spacial score (nSPS) is 37.0. The van der Waals surface area contributed by atoms with Crippen LogP contribution in [0.5, 0.6) is 0 Å². The molecule has 24 heavy (non-hydrogen) atoms. The number of ether oxygens (including phenoxy) is 2. The molecule has 5 rings (SSSR count). The van der Waals surface area contributed by atoms with Gasteiger partial charge in [0.25, 0.3) is 10.0 Å². The smallest absolute Gasteiger partial charge is 0.312 e. The van der Waals surface area contributed by atoms with Crippen LogP contribution in [0.4, 0.5) is 5.69 Å². The predicted molar refractivity (Wildman–Crippen MR) is 84.0 cm³/mol. The van der Waals surface area contributed by atoms with E-state index in [0.717, 1.165) is 6.42 Å². The highest BCUT2D eigenvalue weighted by Gasteiger charge is 2.64. The van der Waals surface area contributed by atoms with Gasteiger partial charge in [0.05, 0.1) is 23.8 Å². The number of esters is 1. The molecule has 5 atom stereocenters. The third-order valence-electron chi connectivity index (χ3n) is 5.33. The second kappa shape index (κ2) is 4.80. The average Bonchev–Trinajstić information content (AvgIpc) is 3.16. The van der Waals surface area contributed by atoms with Crippen LogP contribution in [-0.2, 0) is 24.3 Å². The predicted octanol–water partition coefficient (Wildman–Crippen LogP) is 1.17. The van der Waals surface area contributed by atoms with Gasteiger partial charge in [-0.05, 0) is 36.8 Å². The molecule has 0 spiro atoms. The van der Waals surface area contributed by atoms with E-state index in [1.807, 2.05) is 0 Å². The SMILES string of the molecule is O=C(OCC1=NS(=O)(=O)c2ccccc2N1)[C@@H]1C[C@@H]2O[C@H]1[C@H]1C[C@H]12. The largest absolute Gasteiger partial charge is 0.457 e. The minimum atomic E-state index is -3.76. The van der Waals surface area contributed by atoms with Gasteiger partial charge in [-0.25, -0.2) is 0 Å². The Bertz CT molecular complexity index is 865. The third kappa shape index (κ3) is 2.09. The van der Waals surface area contributed by atoms with E-state index in [9.17, 15) is 13.2 Å².